The van der Waals surface area contributed by atoms with Crippen LogP contribution in [-0.4, -0.2) is 43.2 Å². The molecule has 6 nitrogen and oxygen atoms in total. The lowest BCUT2D eigenvalue weighted by atomic mass is 9.79. The van der Waals surface area contributed by atoms with E-state index in [0.717, 1.165) is 36.6 Å². The Morgan fingerprint density at radius 3 is 3.00 bits per heavy atom. The Kier molecular flexibility index (Phi) is 3.83. The van der Waals surface area contributed by atoms with Gasteiger partial charge in [0.15, 0.2) is 0 Å². The molecule has 0 saturated carbocycles. The first kappa shape index (κ1) is 16.2. The Morgan fingerprint density at radius 1 is 1.36 bits per heavy atom. The van der Waals surface area contributed by atoms with Gasteiger partial charge in [-0.2, -0.15) is 0 Å². The van der Waals surface area contributed by atoms with Crippen LogP contribution in [0, 0.1) is 13.8 Å². The van der Waals surface area contributed by atoms with Gasteiger partial charge in [-0.25, -0.2) is 15.0 Å². The average molecular weight is 355 g/mol. The second-order valence-electron chi connectivity index (χ2n) is 7.00. The van der Waals surface area contributed by atoms with Crippen molar-refractivity contribution in [1.82, 2.24) is 24.3 Å². The summed E-state index contributed by atoms with van der Waals surface area (Å²) in [5.41, 5.74) is 2.29. The summed E-state index contributed by atoms with van der Waals surface area (Å²) in [5.74, 6) is 1.02. The Hall–Kier alpha value is -2.28. The third-order valence-corrected chi connectivity index (χ3v) is 6.00. The molecule has 1 amide bonds. The maximum atomic E-state index is 13.0. The molecule has 1 fully saturated rings. The molecule has 7 heteroatoms. The Balaban J connectivity index is 1.67. The van der Waals surface area contributed by atoms with Gasteiger partial charge in [0.2, 0.25) is 0 Å². The van der Waals surface area contributed by atoms with E-state index in [1.54, 1.807) is 17.5 Å². The van der Waals surface area contributed by atoms with Crippen LogP contribution in [0.4, 0.5) is 0 Å². The van der Waals surface area contributed by atoms with Gasteiger partial charge in [0, 0.05) is 36.3 Å². The average Bonchev–Trinajstić information content (AvgIpc) is 3.19. The van der Waals surface area contributed by atoms with E-state index in [0.29, 0.717) is 12.1 Å². The van der Waals surface area contributed by atoms with Crippen molar-refractivity contribution in [2.24, 2.45) is 0 Å². The molecular formula is C18H21N5OS. The Bertz CT molecular complexity index is 946. The van der Waals surface area contributed by atoms with E-state index in [4.69, 9.17) is 4.98 Å². The van der Waals surface area contributed by atoms with Crippen molar-refractivity contribution in [3.05, 3.63) is 46.9 Å². The minimum atomic E-state index is -0.137. The number of hydrogen-bond acceptors (Lipinski definition) is 5. The summed E-state index contributed by atoms with van der Waals surface area (Å²) in [6.07, 6.45) is 7.16. The summed E-state index contributed by atoms with van der Waals surface area (Å²) in [4.78, 5) is 29.1. The van der Waals surface area contributed by atoms with Crippen LogP contribution in [0.3, 0.4) is 0 Å². The zero-order valence-electron chi connectivity index (χ0n) is 14.7. The molecule has 130 valence electrons. The lowest BCUT2D eigenvalue weighted by Gasteiger charge is -2.39. The molecule has 1 atom stereocenters. The number of thiazole rings is 1. The zero-order chi connectivity index (χ0) is 17.6. The number of hydrogen-bond donors (Lipinski definition) is 0. The lowest BCUT2D eigenvalue weighted by Crippen LogP contribution is -2.47. The summed E-state index contributed by atoms with van der Waals surface area (Å²) in [6.45, 7) is 7.55. The monoisotopic (exact) mass is 355 g/mol. The summed E-state index contributed by atoms with van der Waals surface area (Å²) < 4.78 is 2.14. The van der Waals surface area contributed by atoms with Crippen molar-refractivity contribution in [1.29, 1.82) is 0 Å². The highest BCUT2D eigenvalue weighted by atomic mass is 32.1. The zero-order valence-corrected chi connectivity index (χ0v) is 15.5. The van der Waals surface area contributed by atoms with Gasteiger partial charge in [0.25, 0.3) is 5.91 Å². The maximum absolute atomic E-state index is 13.0. The highest BCUT2D eigenvalue weighted by molar-refractivity contribution is 7.15. The Labute approximate surface area is 150 Å². The summed E-state index contributed by atoms with van der Waals surface area (Å²) in [6, 6.07) is 0. The molecule has 4 rings (SSSR count). The molecular weight excluding hydrogens is 334 g/mol. The Morgan fingerprint density at radius 2 is 2.20 bits per heavy atom. The number of imidazole rings is 1. The fraction of sp³-hybridized carbons (Fsp3) is 0.444. The van der Waals surface area contributed by atoms with E-state index in [-0.39, 0.29) is 11.3 Å². The number of nitrogens with zero attached hydrogens (tertiary/aromatic N) is 5. The number of piperidine rings is 1. The molecule has 0 spiro atoms. The number of rotatable bonds is 2. The van der Waals surface area contributed by atoms with E-state index < -0.39 is 0 Å². The van der Waals surface area contributed by atoms with Crippen LogP contribution in [0.1, 0.15) is 47.3 Å². The number of likely N-dealkylation sites (tertiary alicyclic amines) is 1. The highest BCUT2D eigenvalue weighted by Gasteiger charge is 2.38. The minimum absolute atomic E-state index is 0.0161. The van der Waals surface area contributed by atoms with Crippen LogP contribution in [0.15, 0.2) is 24.1 Å². The van der Waals surface area contributed by atoms with Gasteiger partial charge in [-0.1, -0.05) is 6.92 Å². The highest BCUT2D eigenvalue weighted by Crippen LogP contribution is 2.37. The van der Waals surface area contributed by atoms with Crippen LogP contribution in [-0.2, 0) is 5.41 Å². The molecule has 0 aromatic carbocycles. The van der Waals surface area contributed by atoms with Crippen molar-refractivity contribution >= 4 is 22.1 Å². The van der Waals surface area contributed by atoms with Crippen molar-refractivity contribution in [2.45, 2.75) is 39.0 Å². The van der Waals surface area contributed by atoms with Gasteiger partial charge in [-0.05, 0) is 26.7 Å². The van der Waals surface area contributed by atoms with Gasteiger partial charge in [0.1, 0.15) is 17.0 Å². The molecule has 4 heterocycles. The standard InChI is InChI=1S/C18H21N5OS/c1-12-14(9-19-11-20-12)16(24)22-6-4-5-18(3,10-22)15-17-23(7-8-25-17)13(2)21-15/h7-9,11H,4-6,10H2,1-3H3/t18-/m0/s1. The number of aromatic nitrogens is 4. The maximum Gasteiger partial charge on any atom is 0.257 e. The quantitative estimate of drug-likeness (QED) is 0.709. The topological polar surface area (TPSA) is 63.4 Å². The van der Waals surface area contributed by atoms with Gasteiger partial charge in [0.05, 0.1) is 17.0 Å². The predicted octanol–water partition coefficient (Wildman–Crippen LogP) is 3.00. The smallest absolute Gasteiger partial charge is 0.257 e. The molecule has 1 aliphatic heterocycles. The van der Waals surface area contributed by atoms with Crippen LogP contribution in [0.5, 0.6) is 0 Å². The van der Waals surface area contributed by atoms with E-state index in [1.807, 2.05) is 18.7 Å². The molecule has 3 aromatic heterocycles. The van der Waals surface area contributed by atoms with Gasteiger partial charge in [-0.15, -0.1) is 11.3 Å². The minimum Gasteiger partial charge on any atom is -0.338 e. The molecule has 0 aliphatic carbocycles. The molecule has 0 bridgehead atoms. The fourth-order valence-electron chi connectivity index (χ4n) is 3.74. The number of carbonyl (C=O) groups excluding carboxylic acids is 1. The van der Waals surface area contributed by atoms with Crippen molar-refractivity contribution in [2.75, 3.05) is 13.1 Å². The molecule has 3 aromatic rings. The second kappa shape index (κ2) is 5.91. The molecule has 0 N–H and O–H groups in total. The summed E-state index contributed by atoms with van der Waals surface area (Å²) >= 11 is 1.71. The molecule has 0 radical (unpaired) electrons. The number of fused-ring (bicyclic) bond motifs is 1. The summed E-state index contributed by atoms with van der Waals surface area (Å²) in [7, 11) is 0. The first-order chi connectivity index (χ1) is 12.0. The van der Waals surface area contributed by atoms with Crippen LogP contribution < -0.4 is 0 Å². The van der Waals surface area contributed by atoms with Crippen LogP contribution in [0.2, 0.25) is 0 Å². The summed E-state index contributed by atoms with van der Waals surface area (Å²) in [5, 5.41) is 2.09. The second-order valence-corrected chi connectivity index (χ2v) is 7.89. The predicted molar refractivity (Wildman–Crippen MR) is 97.1 cm³/mol. The third kappa shape index (κ3) is 2.63. The van der Waals surface area contributed by atoms with Gasteiger partial charge in [-0.3, -0.25) is 9.20 Å². The van der Waals surface area contributed by atoms with E-state index in [2.05, 4.69) is 32.9 Å². The number of aryl methyl sites for hydroxylation is 2. The lowest BCUT2D eigenvalue weighted by molar-refractivity contribution is 0.0647. The van der Waals surface area contributed by atoms with Crippen molar-refractivity contribution in [3.63, 3.8) is 0 Å². The number of amides is 1. The molecule has 1 saturated heterocycles. The first-order valence-electron chi connectivity index (χ1n) is 8.48. The van der Waals surface area contributed by atoms with E-state index in [1.165, 1.54) is 11.2 Å². The fourth-order valence-corrected chi connectivity index (χ4v) is 4.76. The van der Waals surface area contributed by atoms with Crippen LogP contribution >= 0.6 is 11.3 Å². The SMILES string of the molecule is Cc1ncncc1C(=O)N1CCC[C@](C)(c2nc(C)n3ccsc23)C1. The largest absolute Gasteiger partial charge is 0.338 e. The van der Waals surface area contributed by atoms with E-state index in [9.17, 15) is 4.79 Å². The molecule has 0 unspecified atom stereocenters. The first-order valence-corrected chi connectivity index (χ1v) is 9.36. The third-order valence-electron chi connectivity index (χ3n) is 5.13. The van der Waals surface area contributed by atoms with Gasteiger partial charge < -0.3 is 4.90 Å². The number of carbonyl (C=O) groups is 1. The van der Waals surface area contributed by atoms with Crippen molar-refractivity contribution in [3.8, 4) is 0 Å². The van der Waals surface area contributed by atoms with E-state index >= 15 is 0 Å². The van der Waals surface area contributed by atoms with Gasteiger partial charge >= 0.3 is 0 Å². The normalized spacial score (nSPS) is 21.0. The molecule has 25 heavy (non-hydrogen) atoms. The molecule has 1 aliphatic rings. The van der Waals surface area contributed by atoms with Crippen LogP contribution in [0.25, 0.3) is 4.83 Å². The van der Waals surface area contributed by atoms with Crippen molar-refractivity contribution < 1.29 is 4.79 Å².